The van der Waals surface area contributed by atoms with Gasteiger partial charge in [-0.15, -0.1) is 0 Å². The standard InChI is InChI=1S/C15H16N4O5/c1-9-11(5-4-6-12(9)19(23)24)13(20)17-10-7-16-18(8-10)15(2,3)14(21)22/h4-8H,1-3H3,(H,17,20)(H,21,22). The molecule has 2 N–H and O–H groups in total. The zero-order valence-corrected chi connectivity index (χ0v) is 13.3. The molecule has 0 aliphatic rings. The summed E-state index contributed by atoms with van der Waals surface area (Å²) in [5.74, 6) is -1.61. The summed E-state index contributed by atoms with van der Waals surface area (Å²) in [5.41, 5.74) is -0.719. The molecule has 2 aromatic rings. The molecular weight excluding hydrogens is 316 g/mol. The van der Waals surface area contributed by atoms with Gasteiger partial charge < -0.3 is 10.4 Å². The Hall–Kier alpha value is -3.23. The topological polar surface area (TPSA) is 127 Å². The molecule has 1 aromatic carbocycles. The number of nitrogens with one attached hydrogen (secondary N) is 1. The van der Waals surface area contributed by atoms with E-state index in [1.54, 1.807) is 0 Å². The van der Waals surface area contributed by atoms with E-state index >= 15 is 0 Å². The van der Waals surface area contributed by atoms with Gasteiger partial charge >= 0.3 is 5.97 Å². The van der Waals surface area contributed by atoms with Gasteiger partial charge in [0.1, 0.15) is 0 Å². The van der Waals surface area contributed by atoms with Gasteiger partial charge in [-0.2, -0.15) is 5.10 Å². The number of nitrogens with zero attached hydrogens (tertiary/aromatic N) is 3. The molecule has 0 aliphatic heterocycles. The molecule has 1 aromatic heterocycles. The van der Waals surface area contributed by atoms with Crippen molar-refractivity contribution in [1.29, 1.82) is 0 Å². The number of rotatable bonds is 5. The number of carboxylic acids is 1. The Bertz CT molecular complexity index is 825. The van der Waals surface area contributed by atoms with Crippen molar-refractivity contribution < 1.29 is 19.6 Å². The highest BCUT2D eigenvalue weighted by Crippen LogP contribution is 2.23. The molecule has 2 rings (SSSR count). The Labute approximate surface area is 137 Å². The van der Waals surface area contributed by atoms with Crippen LogP contribution in [0.4, 0.5) is 11.4 Å². The second-order valence-electron chi connectivity index (χ2n) is 5.70. The molecule has 126 valence electrons. The van der Waals surface area contributed by atoms with Crippen LogP contribution in [0.5, 0.6) is 0 Å². The van der Waals surface area contributed by atoms with Crippen molar-refractivity contribution >= 4 is 23.3 Å². The van der Waals surface area contributed by atoms with Gasteiger partial charge in [0, 0.05) is 23.4 Å². The van der Waals surface area contributed by atoms with Crippen LogP contribution in [0.15, 0.2) is 30.6 Å². The Kier molecular flexibility index (Phi) is 4.36. The first-order valence-electron chi connectivity index (χ1n) is 6.98. The maximum Gasteiger partial charge on any atom is 0.331 e. The summed E-state index contributed by atoms with van der Waals surface area (Å²) in [5, 5.41) is 26.6. The number of carbonyl (C=O) groups excluding carboxylic acids is 1. The van der Waals surface area contributed by atoms with E-state index in [2.05, 4.69) is 10.4 Å². The minimum Gasteiger partial charge on any atom is -0.479 e. The fourth-order valence-electron chi connectivity index (χ4n) is 2.06. The number of nitro groups is 1. The first-order valence-corrected chi connectivity index (χ1v) is 6.98. The molecule has 0 aliphatic carbocycles. The predicted octanol–water partition coefficient (Wildman–Crippen LogP) is 2.17. The van der Waals surface area contributed by atoms with Crippen LogP contribution in [-0.2, 0) is 10.3 Å². The quantitative estimate of drug-likeness (QED) is 0.638. The lowest BCUT2D eigenvalue weighted by molar-refractivity contribution is -0.385. The predicted molar refractivity (Wildman–Crippen MR) is 85.0 cm³/mol. The lowest BCUT2D eigenvalue weighted by atomic mass is 10.1. The van der Waals surface area contributed by atoms with Crippen LogP contribution >= 0.6 is 0 Å². The number of aliphatic carboxylic acids is 1. The van der Waals surface area contributed by atoms with Crippen LogP contribution in [0.3, 0.4) is 0 Å². The smallest absolute Gasteiger partial charge is 0.331 e. The van der Waals surface area contributed by atoms with Crippen molar-refractivity contribution in [2.24, 2.45) is 0 Å². The van der Waals surface area contributed by atoms with Gasteiger partial charge in [-0.25, -0.2) is 4.79 Å². The Morgan fingerprint density at radius 1 is 1.38 bits per heavy atom. The molecule has 0 unspecified atom stereocenters. The average Bonchev–Trinajstić information content (AvgIpc) is 2.96. The highest BCUT2D eigenvalue weighted by molar-refractivity contribution is 6.05. The molecule has 9 nitrogen and oxygen atoms in total. The van der Waals surface area contributed by atoms with Crippen LogP contribution in [0, 0.1) is 17.0 Å². The molecular formula is C15H16N4O5. The average molecular weight is 332 g/mol. The molecule has 0 atom stereocenters. The van der Waals surface area contributed by atoms with Gasteiger partial charge in [0.15, 0.2) is 5.54 Å². The van der Waals surface area contributed by atoms with Gasteiger partial charge in [-0.1, -0.05) is 6.07 Å². The number of hydrogen-bond acceptors (Lipinski definition) is 5. The largest absolute Gasteiger partial charge is 0.479 e. The van der Waals surface area contributed by atoms with E-state index < -0.39 is 22.3 Å². The third-order valence-corrected chi connectivity index (χ3v) is 3.68. The number of hydrogen-bond donors (Lipinski definition) is 2. The first-order chi connectivity index (χ1) is 11.1. The van der Waals surface area contributed by atoms with Crippen molar-refractivity contribution in [1.82, 2.24) is 9.78 Å². The van der Waals surface area contributed by atoms with Crippen molar-refractivity contribution in [2.75, 3.05) is 5.32 Å². The van der Waals surface area contributed by atoms with Crippen LogP contribution in [0.2, 0.25) is 0 Å². The van der Waals surface area contributed by atoms with Gasteiger partial charge in [0.25, 0.3) is 11.6 Å². The van der Waals surface area contributed by atoms with Gasteiger partial charge in [0.05, 0.1) is 16.8 Å². The van der Waals surface area contributed by atoms with Gasteiger partial charge in [0.2, 0.25) is 0 Å². The van der Waals surface area contributed by atoms with Crippen molar-refractivity contribution in [3.8, 4) is 0 Å². The third kappa shape index (κ3) is 3.09. The molecule has 0 bridgehead atoms. The summed E-state index contributed by atoms with van der Waals surface area (Å²) in [4.78, 5) is 33.9. The second-order valence-corrected chi connectivity index (χ2v) is 5.70. The number of benzene rings is 1. The molecule has 0 fully saturated rings. The monoisotopic (exact) mass is 332 g/mol. The Balaban J connectivity index is 2.26. The highest BCUT2D eigenvalue weighted by atomic mass is 16.6. The Morgan fingerprint density at radius 3 is 2.62 bits per heavy atom. The number of nitro benzene ring substituents is 1. The van der Waals surface area contributed by atoms with Crippen molar-refractivity contribution in [2.45, 2.75) is 26.3 Å². The van der Waals surface area contributed by atoms with Crippen LogP contribution in [0.1, 0.15) is 29.8 Å². The zero-order chi connectivity index (χ0) is 18.1. The molecule has 0 radical (unpaired) electrons. The molecule has 1 heterocycles. The summed E-state index contributed by atoms with van der Waals surface area (Å²) in [6.45, 7) is 4.43. The van der Waals surface area contributed by atoms with Gasteiger partial charge in [-0.3, -0.25) is 19.6 Å². The number of anilines is 1. The number of amides is 1. The SMILES string of the molecule is Cc1c(C(=O)Nc2cnn(C(C)(C)C(=O)O)c2)cccc1[N+](=O)[O-]. The van der Waals surface area contributed by atoms with Crippen LogP contribution < -0.4 is 5.32 Å². The number of carboxylic acid groups (broad SMARTS) is 1. The molecule has 1 amide bonds. The highest BCUT2D eigenvalue weighted by Gasteiger charge is 2.30. The molecule has 9 heteroatoms. The van der Waals surface area contributed by atoms with E-state index in [0.717, 1.165) is 0 Å². The van der Waals surface area contributed by atoms with Crippen LogP contribution in [-0.4, -0.2) is 31.7 Å². The maximum atomic E-state index is 12.3. The second kappa shape index (κ2) is 6.11. The van der Waals surface area contributed by atoms with Crippen LogP contribution in [0.25, 0.3) is 0 Å². The van der Waals surface area contributed by atoms with Crippen molar-refractivity contribution in [3.63, 3.8) is 0 Å². The lowest BCUT2D eigenvalue weighted by Crippen LogP contribution is -2.35. The summed E-state index contributed by atoms with van der Waals surface area (Å²) in [6, 6.07) is 4.22. The molecule has 24 heavy (non-hydrogen) atoms. The van der Waals surface area contributed by atoms with E-state index in [4.69, 9.17) is 0 Å². The van der Waals surface area contributed by atoms with Crippen molar-refractivity contribution in [3.05, 3.63) is 51.8 Å². The zero-order valence-electron chi connectivity index (χ0n) is 13.3. The fraction of sp³-hybridized carbons (Fsp3) is 0.267. The Morgan fingerprint density at radius 2 is 2.04 bits per heavy atom. The van der Waals surface area contributed by atoms with Gasteiger partial charge in [-0.05, 0) is 26.8 Å². The van der Waals surface area contributed by atoms with E-state index in [1.165, 1.54) is 56.0 Å². The normalized spacial score (nSPS) is 11.1. The summed E-state index contributed by atoms with van der Waals surface area (Å²) in [6.07, 6.45) is 2.70. The van der Waals surface area contributed by atoms with E-state index in [0.29, 0.717) is 5.69 Å². The molecule has 0 spiro atoms. The molecule has 0 saturated carbocycles. The first kappa shape index (κ1) is 17.1. The third-order valence-electron chi connectivity index (χ3n) is 3.68. The van der Waals surface area contributed by atoms with E-state index in [-0.39, 0.29) is 16.8 Å². The lowest BCUT2D eigenvalue weighted by Gasteiger charge is -2.19. The minimum atomic E-state index is -1.27. The number of aromatic nitrogens is 2. The molecule has 0 saturated heterocycles. The number of carbonyl (C=O) groups is 2. The summed E-state index contributed by atoms with van der Waals surface area (Å²) in [7, 11) is 0. The summed E-state index contributed by atoms with van der Waals surface area (Å²) >= 11 is 0. The van der Waals surface area contributed by atoms with E-state index in [1.807, 2.05) is 0 Å². The fourth-order valence-corrected chi connectivity index (χ4v) is 2.06. The maximum absolute atomic E-state index is 12.3. The van der Waals surface area contributed by atoms with E-state index in [9.17, 15) is 24.8 Å². The summed E-state index contributed by atoms with van der Waals surface area (Å²) < 4.78 is 1.21. The minimum absolute atomic E-state index is 0.148.